The lowest BCUT2D eigenvalue weighted by Gasteiger charge is -2.42. The molecule has 1 saturated carbocycles. The van der Waals surface area contributed by atoms with Gasteiger partial charge < -0.3 is 30.9 Å². The summed E-state index contributed by atoms with van der Waals surface area (Å²) in [6, 6.07) is 4.83. The number of carbonyl (C=O) groups is 3. The topological polar surface area (TPSA) is 154 Å². The molecule has 1 aromatic carbocycles. The van der Waals surface area contributed by atoms with Crippen LogP contribution in [0.15, 0.2) is 22.7 Å². The van der Waals surface area contributed by atoms with Gasteiger partial charge in [0.2, 0.25) is 5.91 Å². The van der Waals surface area contributed by atoms with Gasteiger partial charge in [0.05, 0.1) is 11.9 Å². The number of rotatable bonds is 7. The maximum atomic E-state index is 13.2. The first-order valence-electron chi connectivity index (χ1n) is 11.1. The summed E-state index contributed by atoms with van der Waals surface area (Å²) in [6.45, 7) is 0.466. The predicted molar refractivity (Wildman–Crippen MR) is 116 cm³/mol. The highest BCUT2D eigenvalue weighted by Crippen LogP contribution is 2.31. The van der Waals surface area contributed by atoms with Crippen LogP contribution in [-0.2, 0) is 25.7 Å². The Morgan fingerprint density at radius 3 is 2.69 bits per heavy atom. The Bertz CT molecular complexity index is 1000. The van der Waals surface area contributed by atoms with Crippen molar-refractivity contribution in [3.63, 3.8) is 0 Å². The lowest BCUT2D eigenvalue weighted by Crippen LogP contribution is -2.61. The van der Waals surface area contributed by atoms with E-state index in [1.165, 1.54) is 4.90 Å². The van der Waals surface area contributed by atoms with Crippen molar-refractivity contribution >= 4 is 34.6 Å². The van der Waals surface area contributed by atoms with Gasteiger partial charge in [-0.15, -0.1) is 0 Å². The Hall–Kier alpha value is -3.14. The van der Waals surface area contributed by atoms with Crippen LogP contribution in [0.1, 0.15) is 44.1 Å². The molecule has 1 aromatic heterocycles. The summed E-state index contributed by atoms with van der Waals surface area (Å²) in [5, 5.41) is 7.31. The monoisotopic (exact) mass is 443 g/mol. The minimum atomic E-state index is -0.874. The molecular weight excluding hydrogens is 414 g/mol. The number of hydrogen-bond acceptors (Lipinski definition) is 8. The van der Waals surface area contributed by atoms with Gasteiger partial charge in [-0.25, -0.2) is 0 Å². The van der Waals surface area contributed by atoms with Gasteiger partial charge in [-0.3, -0.25) is 14.4 Å². The molecule has 1 saturated heterocycles. The molecule has 0 unspecified atom stereocenters. The van der Waals surface area contributed by atoms with E-state index < -0.39 is 18.1 Å². The van der Waals surface area contributed by atoms with Crippen molar-refractivity contribution in [3.8, 4) is 0 Å². The number of carbonyl (C=O) groups excluding carboxylic acids is 3. The number of hydrogen-bond donors (Lipinski definition) is 3. The molecule has 2 heterocycles. The van der Waals surface area contributed by atoms with E-state index >= 15 is 0 Å². The lowest BCUT2D eigenvalue weighted by atomic mass is 9.84. The lowest BCUT2D eigenvalue weighted by molar-refractivity contribution is -0.169. The first kappa shape index (κ1) is 22.1. The molecule has 5 N–H and O–H groups in total. The van der Waals surface area contributed by atoms with Crippen LogP contribution in [0.3, 0.4) is 0 Å². The van der Waals surface area contributed by atoms with Crippen molar-refractivity contribution in [2.24, 2.45) is 11.7 Å². The number of nitrogens with one attached hydrogen (secondary N) is 1. The number of benzene rings is 1. The molecule has 0 spiro atoms. The average Bonchev–Trinajstić information content (AvgIpc) is 3.15. The standard InChI is InChI=1S/C22H29N5O5/c23-11-18(28)31-19(14-4-2-1-3-5-14)22(30)27-9-8-16(27)21(29)25-12-13-6-7-15-17(10-13)32-26-20(15)24/h6-7,10,14,16,19H,1-5,8-9,11-12,23H2,(H2,24,26)(H,25,29)/t16-,19+/m0/s1. The number of amides is 2. The van der Waals surface area contributed by atoms with E-state index in [0.717, 1.165) is 43.1 Å². The fourth-order valence-electron chi connectivity index (χ4n) is 4.48. The largest absolute Gasteiger partial charge is 0.451 e. The maximum absolute atomic E-state index is 13.2. The number of nitrogen functional groups attached to an aromatic ring is 1. The van der Waals surface area contributed by atoms with Gasteiger partial charge in [-0.2, -0.15) is 0 Å². The summed E-state index contributed by atoms with van der Waals surface area (Å²) in [4.78, 5) is 39.3. The van der Waals surface area contributed by atoms with Crippen molar-refractivity contribution in [1.29, 1.82) is 0 Å². The van der Waals surface area contributed by atoms with E-state index in [1.807, 2.05) is 6.07 Å². The highest BCUT2D eigenvalue weighted by Gasteiger charge is 2.43. The summed E-state index contributed by atoms with van der Waals surface area (Å²) in [7, 11) is 0. The van der Waals surface area contributed by atoms with Crippen molar-refractivity contribution in [2.45, 2.75) is 57.2 Å². The Morgan fingerprint density at radius 2 is 2.00 bits per heavy atom. The second-order valence-corrected chi connectivity index (χ2v) is 8.46. The molecular formula is C22H29N5O5. The number of nitrogens with zero attached hydrogens (tertiary/aromatic N) is 2. The first-order chi connectivity index (χ1) is 15.5. The molecule has 0 radical (unpaired) electrons. The van der Waals surface area contributed by atoms with Crippen LogP contribution in [0.2, 0.25) is 0 Å². The molecule has 2 amide bonds. The molecule has 10 nitrogen and oxygen atoms in total. The molecule has 0 bridgehead atoms. The van der Waals surface area contributed by atoms with E-state index in [4.69, 9.17) is 20.7 Å². The number of nitrogens with two attached hydrogens (primary N) is 2. The predicted octanol–water partition coefficient (Wildman–Crippen LogP) is 1.08. The second-order valence-electron chi connectivity index (χ2n) is 8.46. The first-order valence-corrected chi connectivity index (χ1v) is 11.1. The Morgan fingerprint density at radius 1 is 1.22 bits per heavy atom. The van der Waals surface area contributed by atoms with Gasteiger partial charge in [0.25, 0.3) is 5.91 Å². The zero-order valence-electron chi connectivity index (χ0n) is 17.9. The van der Waals surface area contributed by atoms with Crippen LogP contribution in [0.5, 0.6) is 0 Å². The molecule has 172 valence electrons. The molecule has 32 heavy (non-hydrogen) atoms. The summed E-state index contributed by atoms with van der Waals surface area (Å²) < 4.78 is 10.6. The fourth-order valence-corrected chi connectivity index (χ4v) is 4.48. The molecule has 1 aliphatic heterocycles. The van der Waals surface area contributed by atoms with E-state index in [9.17, 15) is 14.4 Å². The van der Waals surface area contributed by atoms with Crippen molar-refractivity contribution < 1.29 is 23.6 Å². The fraction of sp³-hybridized carbons (Fsp3) is 0.545. The number of anilines is 1. The number of fused-ring (bicyclic) bond motifs is 1. The van der Waals surface area contributed by atoms with E-state index in [-0.39, 0.29) is 30.8 Å². The summed E-state index contributed by atoms with van der Waals surface area (Å²) >= 11 is 0. The van der Waals surface area contributed by atoms with Crippen LogP contribution < -0.4 is 16.8 Å². The normalized spacial score (nSPS) is 19.9. The van der Waals surface area contributed by atoms with Gasteiger partial charge in [0.1, 0.15) is 6.04 Å². The Kier molecular flexibility index (Phi) is 6.59. The molecule has 1 aliphatic carbocycles. The molecule has 2 aromatic rings. The summed E-state index contributed by atoms with van der Waals surface area (Å²) in [6.07, 6.45) is 4.46. The summed E-state index contributed by atoms with van der Waals surface area (Å²) in [5.74, 6) is -0.851. The average molecular weight is 444 g/mol. The van der Waals surface area contributed by atoms with Gasteiger partial charge >= 0.3 is 5.97 Å². The molecule has 2 fully saturated rings. The molecule has 2 atom stereocenters. The van der Waals surface area contributed by atoms with Gasteiger partial charge in [0, 0.05) is 19.0 Å². The van der Waals surface area contributed by atoms with Crippen LogP contribution >= 0.6 is 0 Å². The van der Waals surface area contributed by atoms with Crippen LogP contribution in [0.25, 0.3) is 11.0 Å². The molecule has 4 rings (SSSR count). The quantitative estimate of drug-likeness (QED) is 0.537. The Balaban J connectivity index is 1.38. The maximum Gasteiger partial charge on any atom is 0.320 e. The number of likely N-dealkylation sites (tertiary alicyclic amines) is 1. The molecule has 10 heteroatoms. The van der Waals surface area contributed by atoms with E-state index in [1.54, 1.807) is 12.1 Å². The number of ether oxygens (including phenoxy) is 1. The van der Waals surface area contributed by atoms with Crippen LogP contribution in [-0.4, -0.2) is 53.1 Å². The third-order valence-electron chi connectivity index (χ3n) is 6.38. The van der Waals surface area contributed by atoms with Crippen LogP contribution in [0.4, 0.5) is 5.82 Å². The van der Waals surface area contributed by atoms with Gasteiger partial charge in [-0.05, 0) is 37.0 Å². The third-order valence-corrected chi connectivity index (χ3v) is 6.38. The van der Waals surface area contributed by atoms with Crippen molar-refractivity contribution in [1.82, 2.24) is 15.4 Å². The zero-order chi connectivity index (χ0) is 22.7. The van der Waals surface area contributed by atoms with Crippen molar-refractivity contribution in [2.75, 3.05) is 18.8 Å². The summed E-state index contributed by atoms with van der Waals surface area (Å²) in [5.41, 5.74) is 12.5. The van der Waals surface area contributed by atoms with E-state index in [2.05, 4.69) is 10.5 Å². The third kappa shape index (κ3) is 4.55. The minimum Gasteiger partial charge on any atom is -0.451 e. The number of esters is 1. The smallest absolute Gasteiger partial charge is 0.320 e. The SMILES string of the molecule is NCC(=O)O[C@@H](C(=O)N1CC[C@H]1C(=O)NCc1ccc2c(N)noc2c1)C1CCCCC1. The van der Waals surface area contributed by atoms with Gasteiger partial charge in [-0.1, -0.05) is 30.5 Å². The van der Waals surface area contributed by atoms with Gasteiger partial charge in [0.15, 0.2) is 17.5 Å². The highest BCUT2D eigenvalue weighted by molar-refractivity contribution is 5.92. The van der Waals surface area contributed by atoms with E-state index in [0.29, 0.717) is 24.4 Å². The van der Waals surface area contributed by atoms with Crippen LogP contribution in [0, 0.1) is 5.92 Å². The van der Waals surface area contributed by atoms with Crippen molar-refractivity contribution in [3.05, 3.63) is 23.8 Å². The number of aromatic nitrogens is 1. The second kappa shape index (κ2) is 9.56. The molecule has 2 aliphatic rings. The minimum absolute atomic E-state index is 0.0304. The zero-order valence-corrected chi connectivity index (χ0v) is 17.9. The highest BCUT2D eigenvalue weighted by atomic mass is 16.5. The Labute approximate surface area is 185 Å².